The Morgan fingerprint density at radius 3 is 2.93 bits per heavy atom. The van der Waals surface area contributed by atoms with E-state index in [1.165, 1.54) is 18.4 Å². The Morgan fingerprint density at radius 1 is 1.36 bits per heavy atom. The van der Waals surface area contributed by atoms with Gasteiger partial charge >= 0.3 is 0 Å². The lowest BCUT2D eigenvalue weighted by atomic mass is 9.65. The Labute approximate surface area is 86.0 Å². The molecule has 0 spiro atoms. The van der Waals surface area contributed by atoms with Crippen molar-refractivity contribution in [2.24, 2.45) is 5.92 Å². The molecule has 1 N–H and O–H groups in total. The first-order chi connectivity index (χ1) is 6.76. The van der Waals surface area contributed by atoms with Crippen LogP contribution in [-0.2, 0) is 4.74 Å². The van der Waals surface area contributed by atoms with Crippen LogP contribution in [0.25, 0.3) is 0 Å². The van der Waals surface area contributed by atoms with Crippen molar-refractivity contribution < 1.29 is 9.84 Å². The molecule has 0 radical (unpaired) electrons. The molecule has 0 aromatic heterocycles. The predicted molar refractivity (Wildman–Crippen MR) is 55.9 cm³/mol. The second-order valence-electron chi connectivity index (χ2n) is 4.68. The summed E-state index contributed by atoms with van der Waals surface area (Å²) >= 11 is 0. The zero-order valence-corrected chi connectivity index (χ0v) is 8.96. The van der Waals surface area contributed by atoms with Gasteiger partial charge in [0.1, 0.15) is 0 Å². The van der Waals surface area contributed by atoms with Gasteiger partial charge in [0.2, 0.25) is 0 Å². The van der Waals surface area contributed by atoms with Gasteiger partial charge in [-0.25, -0.2) is 0 Å². The highest BCUT2D eigenvalue weighted by Gasteiger charge is 2.42. The molecule has 80 valence electrons. The maximum atomic E-state index is 10.5. The molecular formula is C12H20O2. The SMILES string of the molecule is CO/C=C1\CCC[C@@]2(O)CCCCC12. The molecule has 0 saturated heterocycles. The highest BCUT2D eigenvalue weighted by atomic mass is 16.5. The van der Waals surface area contributed by atoms with Crippen molar-refractivity contribution in [3.8, 4) is 0 Å². The van der Waals surface area contributed by atoms with E-state index in [1.54, 1.807) is 7.11 Å². The number of fused-ring (bicyclic) bond motifs is 1. The predicted octanol–water partition coefficient (Wildman–Crippen LogP) is 2.62. The maximum Gasteiger partial charge on any atom is 0.0820 e. The summed E-state index contributed by atoms with van der Waals surface area (Å²) in [5.74, 6) is 0.380. The first-order valence-corrected chi connectivity index (χ1v) is 5.70. The lowest BCUT2D eigenvalue weighted by molar-refractivity contribution is -0.0546. The number of methoxy groups -OCH3 is 1. The number of ether oxygens (including phenoxy) is 1. The molecule has 2 atom stereocenters. The van der Waals surface area contributed by atoms with Gasteiger partial charge in [-0.1, -0.05) is 12.8 Å². The molecule has 2 aliphatic carbocycles. The number of hydrogen-bond acceptors (Lipinski definition) is 2. The van der Waals surface area contributed by atoms with E-state index in [0.717, 1.165) is 32.1 Å². The Balaban J connectivity index is 2.18. The Hall–Kier alpha value is -0.500. The van der Waals surface area contributed by atoms with Gasteiger partial charge in [-0.05, 0) is 37.7 Å². The van der Waals surface area contributed by atoms with E-state index in [0.29, 0.717) is 5.92 Å². The van der Waals surface area contributed by atoms with Gasteiger partial charge in [0.25, 0.3) is 0 Å². The third-order valence-corrected chi connectivity index (χ3v) is 3.79. The molecule has 2 saturated carbocycles. The molecule has 2 rings (SSSR count). The summed E-state index contributed by atoms with van der Waals surface area (Å²) < 4.78 is 5.10. The van der Waals surface area contributed by atoms with Crippen molar-refractivity contribution in [3.63, 3.8) is 0 Å². The fourth-order valence-electron chi connectivity index (χ4n) is 3.12. The molecule has 2 fully saturated rings. The third-order valence-electron chi connectivity index (χ3n) is 3.79. The first kappa shape index (κ1) is 10.0. The Morgan fingerprint density at radius 2 is 2.14 bits per heavy atom. The van der Waals surface area contributed by atoms with Gasteiger partial charge in [-0.2, -0.15) is 0 Å². The largest absolute Gasteiger partial charge is 0.504 e. The third kappa shape index (κ3) is 1.68. The summed E-state index contributed by atoms with van der Waals surface area (Å²) in [5.41, 5.74) is 0.932. The van der Waals surface area contributed by atoms with E-state index in [-0.39, 0.29) is 0 Å². The van der Waals surface area contributed by atoms with Crippen LogP contribution < -0.4 is 0 Å². The van der Waals surface area contributed by atoms with Gasteiger partial charge in [0.05, 0.1) is 19.0 Å². The summed E-state index contributed by atoms with van der Waals surface area (Å²) in [7, 11) is 1.70. The summed E-state index contributed by atoms with van der Waals surface area (Å²) in [5, 5.41) is 10.5. The quantitative estimate of drug-likeness (QED) is 0.653. The van der Waals surface area contributed by atoms with Crippen LogP contribution in [0.3, 0.4) is 0 Å². The van der Waals surface area contributed by atoms with E-state index in [2.05, 4.69) is 0 Å². The van der Waals surface area contributed by atoms with Crippen LogP contribution in [0.1, 0.15) is 44.9 Å². The van der Waals surface area contributed by atoms with E-state index in [4.69, 9.17) is 4.74 Å². The average molecular weight is 196 g/mol. The van der Waals surface area contributed by atoms with Crippen molar-refractivity contribution in [1.82, 2.24) is 0 Å². The van der Waals surface area contributed by atoms with E-state index in [9.17, 15) is 5.11 Å². The zero-order valence-electron chi connectivity index (χ0n) is 8.96. The van der Waals surface area contributed by atoms with Gasteiger partial charge in [0.15, 0.2) is 0 Å². The van der Waals surface area contributed by atoms with Crippen molar-refractivity contribution in [3.05, 3.63) is 11.8 Å². The number of aliphatic hydroxyl groups is 1. The average Bonchev–Trinajstić information content (AvgIpc) is 2.18. The molecule has 0 amide bonds. The van der Waals surface area contributed by atoms with Crippen LogP contribution in [0.15, 0.2) is 11.8 Å². The van der Waals surface area contributed by atoms with Gasteiger partial charge < -0.3 is 9.84 Å². The van der Waals surface area contributed by atoms with Crippen LogP contribution in [0.5, 0.6) is 0 Å². The Kier molecular flexibility index (Phi) is 2.82. The summed E-state index contributed by atoms with van der Waals surface area (Å²) in [6.07, 6.45) is 9.65. The van der Waals surface area contributed by atoms with Crippen LogP contribution in [0.2, 0.25) is 0 Å². The highest BCUT2D eigenvalue weighted by molar-refractivity contribution is 5.15. The monoisotopic (exact) mass is 196 g/mol. The molecule has 2 heteroatoms. The maximum absolute atomic E-state index is 10.5. The molecule has 0 aromatic carbocycles. The fourth-order valence-corrected chi connectivity index (χ4v) is 3.12. The van der Waals surface area contributed by atoms with Gasteiger partial charge in [-0.15, -0.1) is 0 Å². The minimum atomic E-state index is -0.402. The molecule has 2 nitrogen and oxygen atoms in total. The van der Waals surface area contributed by atoms with Crippen molar-refractivity contribution in [1.29, 1.82) is 0 Å². The molecule has 0 heterocycles. The summed E-state index contributed by atoms with van der Waals surface area (Å²) in [4.78, 5) is 0. The summed E-state index contributed by atoms with van der Waals surface area (Å²) in [6.45, 7) is 0. The van der Waals surface area contributed by atoms with Crippen molar-refractivity contribution in [2.45, 2.75) is 50.5 Å². The topological polar surface area (TPSA) is 29.5 Å². The van der Waals surface area contributed by atoms with Crippen molar-refractivity contribution >= 4 is 0 Å². The first-order valence-electron chi connectivity index (χ1n) is 5.70. The number of rotatable bonds is 1. The second-order valence-corrected chi connectivity index (χ2v) is 4.68. The molecule has 0 aliphatic heterocycles. The highest BCUT2D eigenvalue weighted by Crippen LogP contribution is 2.46. The summed E-state index contributed by atoms with van der Waals surface area (Å²) in [6, 6.07) is 0. The van der Waals surface area contributed by atoms with Crippen molar-refractivity contribution in [2.75, 3.05) is 7.11 Å². The van der Waals surface area contributed by atoms with E-state index >= 15 is 0 Å². The van der Waals surface area contributed by atoms with Crippen LogP contribution in [0.4, 0.5) is 0 Å². The fraction of sp³-hybridized carbons (Fsp3) is 0.833. The van der Waals surface area contributed by atoms with Gasteiger partial charge in [0, 0.05) is 5.92 Å². The van der Waals surface area contributed by atoms with E-state index in [1.807, 2.05) is 6.26 Å². The van der Waals surface area contributed by atoms with E-state index < -0.39 is 5.60 Å². The number of hydrogen-bond donors (Lipinski definition) is 1. The molecule has 1 unspecified atom stereocenters. The molecule has 2 aliphatic rings. The molecular weight excluding hydrogens is 176 g/mol. The lowest BCUT2D eigenvalue weighted by Gasteiger charge is -2.44. The van der Waals surface area contributed by atoms with Crippen LogP contribution in [0, 0.1) is 5.92 Å². The Bertz CT molecular complexity index is 230. The minimum absolute atomic E-state index is 0.380. The molecule has 0 bridgehead atoms. The standard InChI is InChI=1S/C12H20O2/c1-14-9-10-5-4-8-12(13)7-3-2-6-11(10)12/h9,11,13H,2-8H2,1H3/b10-9+/t11?,12-/m0/s1. The minimum Gasteiger partial charge on any atom is -0.504 e. The molecule has 0 aromatic rings. The normalized spacial score (nSPS) is 40.7. The lowest BCUT2D eigenvalue weighted by Crippen LogP contribution is -2.44. The second kappa shape index (κ2) is 3.93. The van der Waals surface area contributed by atoms with Crippen LogP contribution in [-0.4, -0.2) is 17.8 Å². The molecule has 14 heavy (non-hydrogen) atoms. The van der Waals surface area contributed by atoms with Crippen LogP contribution >= 0.6 is 0 Å². The smallest absolute Gasteiger partial charge is 0.0820 e. The zero-order chi connectivity index (χ0) is 10.0. The van der Waals surface area contributed by atoms with Gasteiger partial charge in [-0.3, -0.25) is 0 Å².